The normalized spacial score (nSPS) is 12.4. The van der Waals surface area contributed by atoms with E-state index in [2.05, 4.69) is 22.9 Å². The van der Waals surface area contributed by atoms with E-state index in [0.29, 0.717) is 0 Å². The van der Waals surface area contributed by atoms with E-state index >= 15 is 0 Å². The fourth-order valence-corrected chi connectivity index (χ4v) is 1.97. The van der Waals surface area contributed by atoms with Gasteiger partial charge in [-0.05, 0) is 31.5 Å². The largest absolute Gasteiger partial charge is 0.469 e. The fourth-order valence-electron chi connectivity index (χ4n) is 1.97. The molecule has 4 nitrogen and oxygen atoms in total. The van der Waals surface area contributed by atoms with Crippen LogP contribution in [0.1, 0.15) is 36.4 Å². The third-order valence-corrected chi connectivity index (χ3v) is 3.41. The first-order valence-corrected chi connectivity index (χ1v) is 6.57. The second kappa shape index (κ2) is 5.89. The Hall–Kier alpha value is -1.81. The maximum Gasteiger partial charge on any atom is 0.105 e. The van der Waals surface area contributed by atoms with Crippen molar-refractivity contribution >= 4 is 5.69 Å². The number of pyridine rings is 1. The number of rotatable bonds is 5. The van der Waals surface area contributed by atoms with Crippen molar-refractivity contribution in [1.29, 1.82) is 0 Å². The molecule has 2 aromatic rings. The number of furan rings is 1. The third kappa shape index (κ3) is 3.15. The molecule has 102 valence electrons. The number of anilines is 1. The first-order chi connectivity index (χ1) is 9.11. The van der Waals surface area contributed by atoms with Crippen LogP contribution in [0.2, 0.25) is 0 Å². The minimum Gasteiger partial charge on any atom is -0.469 e. The van der Waals surface area contributed by atoms with Gasteiger partial charge >= 0.3 is 0 Å². The molecule has 0 radical (unpaired) electrons. The van der Waals surface area contributed by atoms with Gasteiger partial charge in [0.05, 0.1) is 23.8 Å². The Balaban J connectivity index is 2.07. The maximum absolute atomic E-state index is 5.96. The fraction of sp³-hybridized carbons (Fsp3) is 0.400. The van der Waals surface area contributed by atoms with Gasteiger partial charge in [-0.25, -0.2) is 0 Å². The predicted octanol–water partition coefficient (Wildman–Crippen LogP) is 3.03. The Bertz CT molecular complexity index is 518. The molecular weight excluding hydrogens is 238 g/mol. The summed E-state index contributed by atoms with van der Waals surface area (Å²) in [5, 5.41) is 0. The maximum atomic E-state index is 5.96. The molecule has 1 atom stereocenters. The van der Waals surface area contributed by atoms with E-state index in [4.69, 9.17) is 10.2 Å². The quantitative estimate of drug-likeness (QED) is 0.896. The van der Waals surface area contributed by atoms with Crippen LogP contribution in [0.25, 0.3) is 0 Å². The molecular formula is C15H21N3O. The van der Waals surface area contributed by atoms with Gasteiger partial charge in [-0.3, -0.25) is 4.98 Å². The van der Waals surface area contributed by atoms with Crippen LogP contribution in [0.4, 0.5) is 5.69 Å². The van der Waals surface area contributed by atoms with Crippen molar-refractivity contribution in [3.05, 3.63) is 47.7 Å². The van der Waals surface area contributed by atoms with Gasteiger partial charge in [0.2, 0.25) is 0 Å². The van der Waals surface area contributed by atoms with Crippen molar-refractivity contribution in [1.82, 2.24) is 4.98 Å². The van der Waals surface area contributed by atoms with Crippen LogP contribution in [0.15, 0.2) is 35.1 Å². The third-order valence-electron chi connectivity index (χ3n) is 3.41. The van der Waals surface area contributed by atoms with Crippen LogP contribution >= 0.6 is 0 Å². The summed E-state index contributed by atoms with van der Waals surface area (Å²) in [4.78, 5) is 6.58. The number of hydrogen-bond donors (Lipinski definition) is 1. The number of nitrogens with zero attached hydrogens (tertiary/aromatic N) is 2. The summed E-state index contributed by atoms with van der Waals surface area (Å²) in [6.07, 6.45) is 4.50. The molecule has 0 spiro atoms. The first kappa shape index (κ1) is 13.6. The van der Waals surface area contributed by atoms with Crippen molar-refractivity contribution in [3.63, 3.8) is 0 Å². The van der Waals surface area contributed by atoms with Gasteiger partial charge in [-0.1, -0.05) is 6.92 Å². The van der Waals surface area contributed by atoms with Crippen LogP contribution in [-0.2, 0) is 6.54 Å². The van der Waals surface area contributed by atoms with E-state index in [1.807, 2.05) is 32.3 Å². The highest BCUT2D eigenvalue weighted by atomic mass is 16.3. The highest BCUT2D eigenvalue weighted by Gasteiger charge is 2.09. The van der Waals surface area contributed by atoms with Gasteiger partial charge in [0.15, 0.2) is 0 Å². The lowest BCUT2D eigenvalue weighted by Gasteiger charge is -2.19. The Morgan fingerprint density at radius 3 is 2.68 bits per heavy atom. The van der Waals surface area contributed by atoms with Crippen LogP contribution in [0, 0.1) is 6.92 Å². The average Bonchev–Trinajstić information content (AvgIpc) is 2.83. The molecule has 0 saturated carbocycles. The highest BCUT2D eigenvalue weighted by molar-refractivity contribution is 5.44. The lowest BCUT2D eigenvalue weighted by Crippen LogP contribution is -2.17. The van der Waals surface area contributed by atoms with E-state index in [0.717, 1.165) is 30.1 Å². The standard InChI is InChI=1S/C15H21N3O/c1-4-14(16)15-6-5-13(9-17-15)18(3)10-12-7-8-19-11(12)2/h5-9,14H,4,10,16H2,1-3H3/t14-/m0/s1. The van der Waals surface area contributed by atoms with Crippen molar-refractivity contribution in [2.45, 2.75) is 32.9 Å². The van der Waals surface area contributed by atoms with E-state index in [9.17, 15) is 0 Å². The predicted molar refractivity (Wildman–Crippen MR) is 77.0 cm³/mol. The lowest BCUT2D eigenvalue weighted by atomic mass is 10.1. The molecule has 0 aliphatic rings. The second-order valence-corrected chi connectivity index (χ2v) is 4.81. The zero-order chi connectivity index (χ0) is 13.8. The monoisotopic (exact) mass is 259 g/mol. The van der Waals surface area contributed by atoms with E-state index in [1.54, 1.807) is 6.26 Å². The number of aromatic nitrogens is 1. The molecule has 2 N–H and O–H groups in total. The first-order valence-electron chi connectivity index (χ1n) is 6.57. The van der Waals surface area contributed by atoms with Crippen LogP contribution < -0.4 is 10.6 Å². The SMILES string of the molecule is CC[C@H](N)c1ccc(N(C)Cc2ccoc2C)cn1. The zero-order valence-electron chi connectivity index (χ0n) is 11.8. The van der Waals surface area contributed by atoms with Crippen LogP contribution in [0.3, 0.4) is 0 Å². The van der Waals surface area contributed by atoms with Crippen molar-refractivity contribution in [2.75, 3.05) is 11.9 Å². The Labute approximate surface area is 114 Å². The number of aryl methyl sites for hydroxylation is 1. The Morgan fingerprint density at radius 2 is 2.16 bits per heavy atom. The topological polar surface area (TPSA) is 55.3 Å². The molecule has 0 bridgehead atoms. The molecule has 0 aromatic carbocycles. The van der Waals surface area contributed by atoms with Crippen LogP contribution in [-0.4, -0.2) is 12.0 Å². The lowest BCUT2D eigenvalue weighted by molar-refractivity contribution is 0.529. The highest BCUT2D eigenvalue weighted by Crippen LogP contribution is 2.19. The summed E-state index contributed by atoms with van der Waals surface area (Å²) in [5.41, 5.74) is 9.17. The van der Waals surface area contributed by atoms with Gasteiger partial charge in [0.25, 0.3) is 0 Å². The molecule has 2 rings (SSSR count). The molecule has 0 fully saturated rings. The van der Waals surface area contributed by atoms with E-state index in [-0.39, 0.29) is 6.04 Å². The molecule has 19 heavy (non-hydrogen) atoms. The molecule has 0 aliphatic carbocycles. The van der Waals surface area contributed by atoms with Gasteiger partial charge < -0.3 is 15.1 Å². The summed E-state index contributed by atoms with van der Waals surface area (Å²) >= 11 is 0. The average molecular weight is 259 g/mol. The van der Waals surface area contributed by atoms with Crippen molar-refractivity contribution < 1.29 is 4.42 Å². The molecule has 2 heterocycles. The Morgan fingerprint density at radius 1 is 1.37 bits per heavy atom. The Kier molecular flexibility index (Phi) is 4.22. The van der Waals surface area contributed by atoms with Crippen molar-refractivity contribution in [2.24, 2.45) is 5.73 Å². The summed E-state index contributed by atoms with van der Waals surface area (Å²) < 4.78 is 5.31. The summed E-state index contributed by atoms with van der Waals surface area (Å²) in [6, 6.07) is 6.09. The molecule has 2 aromatic heterocycles. The van der Waals surface area contributed by atoms with Gasteiger partial charge in [0.1, 0.15) is 5.76 Å². The summed E-state index contributed by atoms with van der Waals surface area (Å²) in [5.74, 6) is 0.962. The van der Waals surface area contributed by atoms with Crippen LogP contribution in [0.5, 0.6) is 0 Å². The summed E-state index contributed by atoms with van der Waals surface area (Å²) in [6.45, 7) is 4.85. The minimum absolute atomic E-state index is 0.0236. The molecule has 0 unspecified atom stereocenters. The van der Waals surface area contributed by atoms with Crippen molar-refractivity contribution in [3.8, 4) is 0 Å². The van der Waals surface area contributed by atoms with Gasteiger partial charge in [-0.15, -0.1) is 0 Å². The second-order valence-electron chi connectivity index (χ2n) is 4.81. The van der Waals surface area contributed by atoms with E-state index < -0.39 is 0 Å². The molecule has 0 aliphatic heterocycles. The van der Waals surface area contributed by atoms with Gasteiger partial charge in [0, 0.05) is 25.2 Å². The molecule has 4 heteroatoms. The summed E-state index contributed by atoms with van der Waals surface area (Å²) in [7, 11) is 2.04. The number of nitrogens with two attached hydrogens (primary N) is 1. The smallest absolute Gasteiger partial charge is 0.105 e. The zero-order valence-corrected chi connectivity index (χ0v) is 11.8. The number of hydrogen-bond acceptors (Lipinski definition) is 4. The van der Waals surface area contributed by atoms with E-state index in [1.165, 1.54) is 5.56 Å². The molecule has 0 saturated heterocycles. The van der Waals surface area contributed by atoms with Gasteiger partial charge in [-0.2, -0.15) is 0 Å². The minimum atomic E-state index is 0.0236. The molecule has 0 amide bonds.